The van der Waals surface area contributed by atoms with Crippen LogP contribution < -0.4 is 19.0 Å². The van der Waals surface area contributed by atoms with Gasteiger partial charge in [-0.05, 0) is 73.2 Å². The van der Waals surface area contributed by atoms with Crippen molar-refractivity contribution in [3.63, 3.8) is 0 Å². The molecule has 0 saturated heterocycles. The van der Waals surface area contributed by atoms with E-state index < -0.39 is 10.1 Å². The van der Waals surface area contributed by atoms with Gasteiger partial charge in [-0.3, -0.25) is 0 Å². The minimum atomic E-state index is -4.07. The van der Waals surface area contributed by atoms with Crippen molar-refractivity contribution in [2.45, 2.75) is 18.4 Å². The van der Waals surface area contributed by atoms with E-state index in [-0.39, 0.29) is 21.4 Å². The second-order valence-corrected chi connectivity index (χ2v) is 9.71. The van der Waals surface area contributed by atoms with Crippen LogP contribution in [0, 0.1) is 6.92 Å². The molecule has 0 aliphatic rings. The quantitative estimate of drug-likeness (QED) is 0.249. The number of para-hydroxylation sites is 1. The predicted molar refractivity (Wildman–Crippen MR) is 137 cm³/mol. The van der Waals surface area contributed by atoms with Crippen LogP contribution in [0.3, 0.4) is 0 Å². The van der Waals surface area contributed by atoms with Gasteiger partial charge in [0, 0.05) is 12.2 Å². The van der Waals surface area contributed by atoms with Gasteiger partial charge in [0.1, 0.15) is 16.4 Å². The summed E-state index contributed by atoms with van der Waals surface area (Å²) in [6, 6.07) is 26.8. The topological polar surface area (TPSA) is 73.9 Å². The van der Waals surface area contributed by atoms with E-state index in [2.05, 4.69) is 5.32 Å². The first-order valence-electron chi connectivity index (χ1n) is 10.8. The van der Waals surface area contributed by atoms with Gasteiger partial charge in [0.15, 0.2) is 5.75 Å². The molecule has 0 unspecified atom stereocenters. The summed E-state index contributed by atoms with van der Waals surface area (Å²) in [5.74, 6) is 1.65. The Morgan fingerprint density at radius 2 is 1.51 bits per heavy atom. The van der Waals surface area contributed by atoms with Crippen molar-refractivity contribution in [1.82, 2.24) is 0 Å². The summed E-state index contributed by atoms with van der Waals surface area (Å²) in [5.41, 5.74) is 2.61. The smallest absolute Gasteiger partial charge is 0.339 e. The molecule has 0 spiro atoms. The molecule has 0 atom stereocenters. The van der Waals surface area contributed by atoms with Crippen LogP contribution in [0.2, 0.25) is 5.02 Å². The largest absolute Gasteiger partial charge is 0.493 e. The normalized spacial score (nSPS) is 11.1. The fourth-order valence-corrected chi connectivity index (χ4v) is 4.56. The van der Waals surface area contributed by atoms with Crippen LogP contribution in [0.15, 0.2) is 95.9 Å². The van der Waals surface area contributed by atoms with Gasteiger partial charge in [0.25, 0.3) is 0 Å². The summed E-state index contributed by atoms with van der Waals surface area (Å²) < 4.78 is 41.9. The van der Waals surface area contributed by atoms with Gasteiger partial charge in [-0.15, -0.1) is 0 Å². The van der Waals surface area contributed by atoms with Crippen LogP contribution >= 0.6 is 11.6 Å². The summed E-state index contributed by atoms with van der Waals surface area (Å²) in [7, 11) is -2.64. The van der Waals surface area contributed by atoms with Crippen LogP contribution in [0.25, 0.3) is 0 Å². The van der Waals surface area contributed by atoms with E-state index in [1.807, 2.05) is 61.5 Å². The molecule has 0 aliphatic carbocycles. The maximum Gasteiger partial charge on any atom is 0.339 e. The molecule has 4 rings (SSSR count). The van der Waals surface area contributed by atoms with Crippen LogP contribution in [0.5, 0.6) is 23.0 Å². The van der Waals surface area contributed by atoms with Gasteiger partial charge in [-0.25, -0.2) is 0 Å². The lowest BCUT2D eigenvalue weighted by molar-refractivity contribution is 0.390. The van der Waals surface area contributed by atoms with Gasteiger partial charge in [-0.1, -0.05) is 47.5 Å². The number of ether oxygens (including phenoxy) is 2. The highest BCUT2D eigenvalue weighted by Gasteiger charge is 2.22. The number of anilines is 1. The van der Waals surface area contributed by atoms with Crippen molar-refractivity contribution >= 4 is 27.4 Å². The van der Waals surface area contributed by atoms with Crippen molar-refractivity contribution in [1.29, 1.82) is 0 Å². The Morgan fingerprint density at radius 3 is 2.17 bits per heavy atom. The lowest BCUT2D eigenvalue weighted by Crippen LogP contribution is -2.11. The Balaban J connectivity index is 1.45. The van der Waals surface area contributed by atoms with Crippen molar-refractivity contribution in [2.75, 3.05) is 12.4 Å². The Kier molecular flexibility index (Phi) is 7.48. The molecule has 0 radical (unpaired) electrons. The van der Waals surface area contributed by atoms with E-state index in [1.54, 1.807) is 24.3 Å². The Hall–Kier alpha value is -3.68. The van der Waals surface area contributed by atoms with E-state index in [0.29, 0.717) is 6.54 Å². The van der Waals surface area contributed by atoms with E-state index in [0.717, 1.165) is 28.3 Å². The second-order valence-electron chi connectivity index (χ2n) is 7.75. The minimum Gasteiger partial charge on any atom is -0.493 e. The molecule has 4 aromatic carbocycles. The number of nitrogens with one attached hydrogen (secondary N) is 1. The van der Waals surface area contributed by atoms with E-state index in [9.17, 15) is 8.42 Å². The SMILES string of the molecule is COc1cc(CNc2ccc(Oc3ccccc3)cc2)cc(Cl)c1OS(=O)(=O)c1ccc(C)cc1. The zero-order valence-electron chi connectivity index (χ0n) is 19.2. The van der Waals surface area contributed by atoms with Crippen molar-refractivity contribution in [2.24, 2.45) is 0 Å². The third-order valence-electron chi connectivity index (χ3n) is 5.12. The molecule has 0 aliphatic heterocycles. The first-order valence-corrected chi connectivity index (χ1v) is 12.6. The fourth-order valence-electron chi connectivity index (χ4n) is 3.29. The standard InChI is InChI=1S/C27H24ClNO5S/c1-19-8-14-24(15-9-19)35(30,31)34-27-25(28)16-20(17-26(27)32-2)18-29-21-10-12-23(13-11-21)33-22-6-4-3-5-7-22/h3-17,29H,18H2,1-2H3. The lowest BCUT2D eigenvalue weighted by Gasteiger charge is -2.15. The van der Waals surface area contributed by atoms with Crippen LogP contribution in [-0.2, 0) is 16.7 Å². The first-order chi connectivity index (χ1) is 16.8. The molecule has 6 nitrogen and oxygen atoms in total. The molecule has 0 fully saturated rings. The molecule has 0 saturated carbocycles. The monoisotopic (exact) mass is 509 g/mol. The summed E-state index contributed by atoms with van der Waals surface area (Å²) in [6.45, 7) is 2.30. The van der Waals surface area contributed by atoms with Crippen molar-refractivity contribution < 1.29 is 22.1 Å². The highest BCUT2D eigenvalue weighted by atomic mass is 35.5. The summed E-state index contributed by atoms with van der Waals surface area (Å²) in [4.78, 5) is 0.0339. The number of aryl methyl sites for hydroxylation is 1. The number of methoxy groups -OCH3 is 1. The third kappa shape index (κ3) is 6.26. The maximum absolute atomic E-state index is 12.7. The molecular weight excluding hydrogens is 486 g/mol. The van der Waals surface area contributed by atoms with E-state index in [1.165, 1.54) is 19.2 Å². The second kappa shape index (κ2) is 10.7. The number of benzene rings is 4. The van der Waals surface area contributed by atoms with Gasteiger partial charge >= 0.3 is 10.1 Å². The van der Waals surface area contributed by atoms with Crippen LogP contribution in [0.4, 0.5) is 5.69 Å². The average Bonchev–Trinajstić information content (AvgIpc) is 2.86. The zero-order valence-corrected chi connectivity index (χ0v) is 20.8. The molecule has 35 heavy (non-hydrogen) atoms. The van der Waals surface area contributed by atoms with Gasteiger partial charge in [0.2, 0.25) is 5.75 Å². The Morgan fingerprint density at radius 1 is 0.857 bits per heavy atom. The number of rotatable bonds is 9. The molecular formula is C27H24ClNO5S. The van der Waals surface area contributed by atoms with Gasteiger partial charge in [-0.2, -0.15) is 8.42 Å². The molecule has 4 aromatic rings. The minimum absolute atomic E-state index is 0.0339. The van der Waals surface area contributed by atoms with E-state index >= 15 is 0 Å². The maximum atomic E-state index is 12.7. The highest BCUT2D eigenvalue weighted by Crippen LogP contribution is 2.38. The summed E-state index contributed by atoms with van der Waals surface area (Å²) in [6.07, 6.45) is 0. The van der Waals surface area contributed by atoms with Gasteiger partial charge < -0.3 is 19.0 Å². The number of hydrogen-bond donors (Lipinski definition) is 1. The molecule has 0 bridgehead atoms. The van der Waals surface area contributed by atoms with Crippen molar-refractivity contribution in [3.05, 3.63) is 107 Å². The molecule has 1 N–H and O–H groups in total. The zero-order chi connectivity index (χ0) is 24.8. The van der Waals surface area contributed by atoms with Crippen LogP contribution in [0.1, 0.15) is 11.1 Å². The molecule has 180 valence electrons. The summed E-state index contributed by atoms with van der Waals surface area (Å²) in [5, 5.41) is 3.43. The average molecular weight is 510 g/mol. The Labute approximate surface area is 210 Å². The van der Waals surface area contributed by atoms with Crippen molar-refractivity contribution in [3.8, 4) is 23.0 Å². The molecule has 0 amide bonds. The molecule has 0 aromatic heterocycles. The summed E-state index contributed by atoms with van der Waals surface area (Å²) >= 11 is 6.40. The number of halogens is 1. The molecule has 8 heteroatoms. The predicted octanol–water partition coefficient (Wildman–Crippen LogP) is 6.83. The van der Waals surface area contributed by atoms with E-state index in [4.69, 9.17) is 25.3 Å². The van der Waals surface area contributed by atoms with Crippen LogP contribution in [-0.4, -0.2) is 15.5 Å². The third-order valence-corrected chi connectivity index (χ3v) is 6.64. The Bertz CT molecular complexity index is 1390. The molecule has 0 heterocycles. The highest BCUT2D eigenvalue weighted by molar-refractivity contribution is 7.87. The van der Waals surface area contributed by atoms with Gasteiger partial charge in [0.05, 0.1) is 12.1 Å². The fraction of sp³-hybridized carbons (Fsp3) is 0.111. The number of hydrogen-bond acceptors (Lipinski definition) is 6. The first kappa shape index (κ1) is 24.4. The lowest BCUT2D eigenvalue weighted by atomic mass is 10.2.